The van der Waals surface area contributed by atoms with Gasteiger partial charge in [0.25, 0.3) is 0 Å². The molecule has 0 heterocycles. The van der Waals surface area contributed by atoms with Crippen molar-refractivity contribution < 1.29 is 0 Å². The molecule has 1 aliphatic rings. The summed E-state index contributed by atoms with van der Waals surface area (Å²) in [6.07, 6.45) is 6.86. The fourth-order valence-electron chi connectivity index (χ4n) is 3.51. The molecule has 1 heteroatoms. The molecule has 0 saturated heterocycles. The molecular formula is C22H27N. The van der Waals surface area contributed by atoms with E-state index in [2.05, 4.69) is 70.2 Å². The van der Waals surface area contributed by atoms with E-state index in [0.717, 1.165) is 5.69 Å². The lowest BCUT2D eigenvalue weighted by Crippen LogP contribution is -2.33. The Balaban J connectivity index is 1.95. The van der Waals surface area contributed by atoms with E-state index in [1.54, 1.807) is 0 Å². The second kappa shape index (κ2) is 5.56. The number of hydrogen-bond donors (Lipinski definition) is 1. The lowest BCUT2D eigenvalue weighted by Gasteiger charge is -2.42. The number of benzene rings is 2. The van der Waals surface area contributed by atoms with Crippen molar-refractivity contribution in [2.24, 2.45) is 0 Å². The van der Waals surface area contributed by atoms with Gasteiger partial charge in [-0.1, -0.05) is 70.2 Å². The molecule has 23 heavy (non-hydrogen) atoms. The zero-order valence-electron chi connectivity index (χ0n) is 14.7. The quantitative estimate of drug-likeness (QED) is 0.551. The third-order valence-electron chi connectivity index (χ3n) is 5.28. The highest BCUT2D eigenvalue weighted by atomic mass is 14.5. The second-order valence-corrected chi connectivity index (χ2v) is 8.07. The van der Waals surface area contributed by atoms with Crippen LogP contribution >= 0.6 is 0 Å². The summed E-state index contributed by atoms with van der Waals surface area (Å²) in [4.78, 5) is 0. The zero-order valence-corrected chi connectivity index (χ0v) is 14.7. The highest BCUT2D eigenvalue weighted by Gasteiger charge is 2.36. The summed E-state index contributed by atoms with van der Waals surface area (Å²) < 4.78 is 0. The molecule has 0 saturated carbocycles. The highest BCUT2D eigenvalue weighted by Crippen LogP contribution is 2.45. The number of anilines is 1. The van der Waals surface area contributed by atoms with Crippen LogP contribution in [0.4, 0.5) is 5.69 Å². The fourth-order valence-corrected chi connectivity index (χ4v) is 3.51. The Labute approximate surface area is 140 Å². The van der Waals surface area contributed by atoms with Gasteiger partial charge < -0.3 is 5.73 Å². The standard InChI is InChI=1S/C22H27N/c1-21(2)13-14-22(3,4)20-15-17(9-12-19(20)21)6-5-16-7-10-18(23)11-8-16/h5-12,15H,13-14,23H2,1-4H3/b6-5+. The van der Waals surface area contributed by atoms with Crippen molar-refractivity contribution in [2.75, 3.05) is 5.73 Å². The maximum absolute atomic E-state index is 5.74. The van der Waals surface area contributed by atoms with Crippen LogP contribution < -0.4 is 5.73 Å². The first-order chi connectivity index (χ1) is 10.8. The van der Waals surface area contributed by atoms with Gasteiger partial charge in [0.1, 0.15) is 0 Å². The molecule has 2 aromatic carbocycles. The van der Waals surface area contributed by atoms with Crippen LogP contribution in [0.25, 0.3) is 12.2 Å². The maximum Gasteiger partial charge on any atom is 0.0314 e. The Bertz CT molecular complexity index is 733. The first-order valence-corrected chi connectivity index (χ1v) is 8.47. The predicted molar refractivity (Wildman–Crippen MR) is 102 cm³/mol. The first-order valence-electron chi connectivity index (χ1n) is 8.47. The molecule has 120 valence electrons. The molecule has 0 aromatic heterocycles. The molecule has 2 aromatic rings. The third kappa shape index (κ3) is 3.19. The summed E-state index contributed by atoms with van der Waals surface area (Å²) in [6, 6.07) is 14.9. The van der Waals surface area contributed by atoms with Crippen LogP contribution in [0.2, 0.25) is 0 Å². The maximum atomic E-state index is 5.74. The molecule has 2 N–H and O–H groups in total. The average Bonchev–Trinajstić information content (AvgIpc) is 2.51. The smallest absolute Gasteiger partial charge is 0.0314 e. The number of hydrogen-bond acceptors (Lipinski definition) is 1. The van der Waals surface area contributed by atoms with Gasteiger partial charge >= 0.3 is 0 Å². The van der Waals surface area contributed by atoms with Gasteiger partial charge in [-0.25, -0.2) is 0 Å². The van der Waals surface area contributed by atoms with Gasteiger partial charge in [-0.2, -0.15) is 0 Å². The van der Waals surface area contributed by atoms with Gasteiger partial charge in [0, 0.05) is 5.69 Å². The molecule has 1 nitrogen and oxygen atoms in total. The summed E-state index contributed by atoms with van der Waals surface area (Å²) >= 11 is 0. The van der Waals surface area contributed by atoms with E-state index in [1.807, 2.05) is 12.1 Å². The SMILES string of the molecule is CC1(C)CCC(C)(C)c2cc(/C=C/c3ccc(N)cc3)ccc21. The van der Waals surface area contributed by atoms with Crippen molar-refractivity contribution in [3.63, 3.8) is 0 Å². The normalized spacial score (nSPS) is 18.8. The summed E-state index contributed by atoms with van der Waals surface area (Å²) in [6.45, 7) is 9.47. The van der Waals surface area contributed by atoms with Crippen molar-refractivity contribution in [3.05, 3.63) is 64.7 Å². The average molecular weight is 305 g/mol. The van der Waals surface area contributed by atoms with Gasteiger partial charge in [0.15, 0.2) is 0 Å². The van der Waals surface area contributed by atoms with Crippen LogP contribution in [0.5, 0.6) is 0 Å². The first kappa shape index (κ1) is 15.9. The molecule has 0 fully saturated rings. The van der Waals surface area contributed by atoms with E-state index in [-0.39, 0.29) is 10.8 Å². The van der Waals surface area contributed by atoms with Crippen molar-refractivity contribution in [2.45, 2.75) is 51.4 Å². The third-order valence-corrected chi connectivity index (χ3v) is 5.28. The Morgan fingerprint density at radius 2 is 1.26 bits per heavy atom. The minimum atomic E-state index is 0.260. The van der Waals surface area contributed by atoms with E-state index in [9.17, 15) is 0 Å². The molecule has 0 spiro atoms. The Morgan fingerprint density at radius 1 is 0.739 bits per heavy atom. The molecule has 0 unspecified atom stereocenters. The summed E-state index contributed by atoms with van der Waals surface area (Å²) in [5, 5.41) is 0. The predicted octanol–water partition coefficient (Wildman–Crippen LogP) is 5.79. The van der Waals surface area contributed by atoms with E-state index in [1.165, 1.54) is 35.1 Å². The van der Waals surface area contributed by atoms with Crippen LogP contribution in [0.3, 0.4) is 0 Å². The van der Waals surface area contributed by atoms with Gasteiger partial charge in [0.2, 0.25) is 0 Å². The van der Waals surface area contributed by atoms with Gasteiger partial charge in [-0.15, -0.1) is 0 Å². The Morgan fingerprint density at radius 3 is 1.91 bits per heavy atom. The molecule has 3 rings (SSSR count). The monoisotopic (exact) mass is 305 g/mol. The topological polar surface area (TPSA) is 26.0 Å². The Kier molecular flexibility index (Phi) is 3.83. The van der Waals surface area contributed by atoms with Gasteiger partial charge in [-0.05, 0) is 58.1 Å². The summed E-state index contributed by atoms with van der Waals surface area (Å²) in [7, 11) is 0. The highest BCUT2D eigenvalue weighted by molar-refractivity contribution is 5.71. The zero-order chi connectivity index (χ0) is 16.7. The molecule has 0 atom stereocenters. The van der Waals surface area contributed by atoms with E-state index in [4.69, 9.17) is 5.73 Å². The second-order valence-electron chi connectivity index (χ2n) is 8.07. The van der Waals surface area contributed by atoms with Crippen molar-refractivity contribution >= 4 is 17.8 Å². The van der Waals surface area contributed by atoms with Crippen LogP contribution in [-0.2, 0) is 10.8 Å². The molecular weight excluding hydrogens is 278 g/mol. The summed E-state index contributed by atoms with van der Waals surface area (Å²) in [5.41, 5.74) is 12.6. The van der Waals surface area contributed by atoms with Crippen LogP contribution in [-0.4, -0.2) is 0 Å². The molecule has 0 radical (unpaired) electrons. The van der Waals surface area contributed by atoms with Crippen molar-refractivity contribution in [1.82, 2.24) is 0 Å². The van der Waals surface area contributed by atoms with E-state index < -0.39 is 0 Å². The summed E-state index contributed by atoms with van der Waals surface area (Å²) in [5.74, 6) is 0. The van der Waals surface area contributed by atoms with Crippen LogP contribution in [0.1, 0.15) is 62.8 Å². The minimum Gasteiger partial charge on any atom is -0.399 e. The van der Waals surface area contributed by atoms with Gasteiger partial charge in [0.05, 0.1) is 0 Å². The largest absolute Gasteiger partial charge is 0.399 e. The number of rotatable bonds is 2. The van der Waals surface area contributed by atoms with Crippen LogP contribution in [0.15, 0.2) is 42.5 Å². The fraction of sp³-hybridized carbons (Fsp3) is 0.364. The number of fused-ring (bicyclic) bond motifs is 1. The lowest BCUT2D eigenvalue weighted by atomic mass is 9.63. The van der Waals surface area contributed by atoms with Crippen molar-refractivity contribution in [1.29, 1.82) is 0 Å². The van der Waals surface area contributed by atoms with Crippen molar-refractivity contribution in [3.8, 4) is 0 Å². The number of nitrogens with two attached hydrogens (primary N) is 1. The molecule has 0 bridgehead atoms. The van der Waals surface area contributed by atoms with Crippen LogP contribution in [0, 0.1) is 0 Å². The van der Waals surface area contributed by atoms with Gasteiger partial charge in [-0.3, -0.25) is 0 Å². The number of nitrogen functional groups attached to an aromatic ring is 1. The Hall–Kier alpha value is -2.02. The molecule has 1 aliphatic carbocycles. The molecule has 0 amide bonds. The molecule has 0 aliphatic heterocycles. The minimum absolute atomic E-state index is 0.260. The van der Waals surface area contributed by atoms with E-state index >= 15 is 0 Å². The van der Waals surface area contributed by atoms with E-state index in [0.29, 0.717) is 0 Å². The lowest BCUT2D eigenvalue weighted by molar-refractivity contribution is 0.332.